The van der Waals surface area contributed by atoms with Crippen molar-refractivity contribution in [2.45, 2.75) is 58.7 Å². The van der Waals surface area contributed by atoms with Gasteiger partial charge in [-0.2, -0.15) is 0 Å². The van der Waals surface area contributed by atoms with Gasteiger partial charge in [-0.05, 0) is 40.3 Å². The summed E-state index contributed by atoms with van der Waals surface area (Å²) < 4.78 is 0. The number of hydrogen-bond donors (Lipinski definition) is 1. The standard InChI is InChI=1S/C14H31N3/c1-6-8-15-14(7-2)11-17-9-12(3)16(5)13(4)10-17/h12-15H,6-11H2,1-5H3. The first-order chi connectivity index (χ1) is 8.08. The lowest BCUT2D eigenvalue weighted by Gasteiger charge is -2.43. The van der Waals surface area contributed by atoms with Crippen LogP contribution in [0.15, 0.2) is 0 Å². The molecule has 1 heterocycles. The van der Waals surface area contributed by atoms with Crippen molar-refractivity contribution >= 4 is 0 Å². The smallest absolute Gasteiger partial charge is 0.0195 e. The summed E-state index contributed by atoms with van der Waals surface area (Å²) in [5.41, 5.74) is 0. The zero-order valence-corrected chi connectivity index (χ0v) is 12.4. The third-order valence-corrected chi connectivity index (χ3v) is 4.09. The van der Waals surface area contributed by atoms with Crippen LogP contribution in [0.1, 0.15) is 40.5 Å². The van der Waals surface area contributed by atoms with Crippen LogP contribution < -0.4 is 5.32 Å². The fourth-order valence-electron chi connectivity index (χ4n) is 2.66. The van der Waals surface area contributed by atoms with Gasteiger partial charge < -0.3 is 5.32 Å². The molecule has 3 unspecified atom stereocenters. The van der Waals surface area contributed by atoms with Crippen molar-refractivity contribution in [1.82, 2.24) is 15.1 Å². The number of piperazine rings is 1. The Hall–Kier alpha value is -0.120. The molecule has 1 N–H and O–H groups in total. The molecule has 0 bridgehead atoms. The van der Waals surface area contributed by atoms with E-state index in [1.54, 1.807) is 0 Å². The summed E-state index contributed by atoms with van der Waals surface area (Å²) in [7, 11) is 2.25. The van der Waals surface area contributed by atoms with E-state index in [0.29, 0.717) is 18.1 Å². The molecule has 1 rings (SSSR count). The quantitative estimate of drug-likeness (QED) is 0.765. The van der Waals surface area contributed by atoms with Gasteiger partial charge in [0.1, 0.15) is 0 Å². The Labute approximate surface area is 108 Å². The predicted octanol–water partition coefficient (Wildman–Crippen LogP) is 1.79. The molecule has 17 heavy (non-hydrogen) atoms. The number of hydrogen-bond acceptors (Lipinski definition) is 3. The van der Waals surface area contributed by atoms with Crippen LogP contribution in [-0.2, 0) is 0 Å². The van der Waals surface area contributed by atoms with Gasteiger partial charge in [0.15, 0.2) is 0 Å². The van der Waals surface area contributed by atoms with E-state index in [1.807, 2.05) is 0 Å². The Kier molecular flexibility index (Phi) is 6.45. The van der Waals surface area contributed by atoms with Crippen molar-refractivity contribution in [2.75, 3.05) is 33.2 Å². The molecule has 0 aromatic heterocycles. The van der Waals surface area contributed by atoms with Crippen LogP contribution >= 0.6 is 0 Å². The van der Waals surface area contributed by atoms with Crippen LogP contribution in [-0.4, -0.2) is 61.2 Å². The Morgan fingerprint density at radius 2 is 1.76 bits per heavy atom. The third-order valence-electron chi connectivity index (χ3n) is 4.09. The second-order valence-corrected chi connectivity index (χ2v) is 5.64. The highest BCUT2D eigenvalue weighted by atomic mass is 15.3. The lowest BCUT2D eigenvalue weighted by atomic mass is 10.1. The van der Waals surface area contributed by atoms with Gasteiger partial charge in [-0.15, -0.1) is 0 Å². The van der Waals surface area contributed by atoms with Gasteiger partial charge in [-0.25, -0.2) is 0 Å². The Morgan fingerprint density at radius 3 is 2.24 bits per heavy atom. The van der Waals surface area contributed by atoms with Crippen LogP contribution in [0.5, 0.6) is 0 Å². The van der Waals surface area contributed by atoms with Crippen LogP contribution in [0.4, 0.5) is 0 Å². The third kappa shape index (κ3) is 4.57. The van der Waals surface area contributed by atoms with E-state index in [2.05, 4.69) is 49.9 Å². The van der Waals surface area contributed by atoms with Gasteiger partial charge >= 0.3 is 0 Å². The van der Waals surface area contributed by atoms with Crippen molar-refractivity contribution in [3.8, 4) is 0 Å². The van der Waals surface area contributed by atoms with Gasteiger partial charge in [0.25, 0.3) is 0 Å². The topological polar surface area (TPSA) is 18.5 Å². The molecule has 1 aliphatic heterocycles. The Bertz CT molecular complexity index is 196. The molecule has 0 saturated carbocycles. The molecule has 0 aromatic carbocycles. The minimum absolute atomic E-state index is 0.665. The SMILES string of the molecule is CCCNC(CC)CN1CC(C)N(C)C(C)C1. The van der Waals surface area contributed by atoms with Crippen molar-refractivity contribution in [2.24, 2.45) is 0 Å². The van der Waals surface area contributed by atoms with Crippen molar-refractivity contribution in [1.29, 1.82) is 0 Å². The largest absolute Gasteiger partial charge is 0.313 e. The van der Waals surface area contributed by atoms with Gasteiger partial charge in [0.2, 0.25) is 0 Å². The lowest BCUT2D eigenvalue weighted by molar-refractivity contribution is 0.0540. The van der Waals surface area contributed by atoms with E-state index in [0.717, 1.165) is 6.54 Å². The van der Waals surface area contributed by atoms with E-state index in [4.69, 9.17) is 0 Å². The maximum atomic E-state index is 3.65. The first-order valence-electron chi connectivity index (χ1n) is 7.26. The van der Waals surface area contributed by atoms with E-state index >= 15 is 0 Å². The summed E-state index contributed by atoms with van der Waals surface area (Å²) in [6.45, 7) is 14.0. The minimum atomic E-state index is 0.665. The molecule has 1 aliphatic rings. The average molecular weight is 241 g/mol. The Balaban J connectivity index is 2.39. The van der Waals surface area contributed by atoms with E-state index in [1.165, 1.54) is 32.5 Å². The molecule has 1 saturated heterocycles. The molecule has 3 heteroatoms. The van der Waals surface area contributed by atoms with Crippen molar-refractivity contribution < 1.29 is 0 Å². The van der Waals surface area contributed by atoms with Gasteiger partial charge in [0.05, 0.1) is 0 Å². The summed E-state index contributed by atoms with van der Waals surface area (Å²) in [6.07, 6.45) is 2.46. The fraction of sp³-hybridized carbons (Fsp3) is 1.00. The molecule has 0 radical (unpaired) electrons. The number of nitrogens with zero attached hydrogens (tertiary/aromatic N) is 2. The molecule has 102 valence electrons. The fourth-order valence-corrected chi connectivity index (χ4v) is 2.66. The highest BCUT2D eigenvalue weighted by Gasteiger charge is 2.27. The molecule has 3 nitrogen and oxygen atoms in total. The molecule has 1 fully saturated rings. The van der Waals surface area contributed by atoms with Crippen LogP contribution in [0.3, 0.4) is 0 Å². The van der Waals surface area contributed by atoms with Crippen molar-refractivity contribution in [3.63, 3.8) is 0 Å². The van der Waals surface area contributed by atoms with Crippen LogP contribution in [0.2, 0.25) is 0 Å². The first kappa shape index (κ1) is 14.9. The van der Waals surface area contributed by atoms with Crippen LogP contribution in [0, 0.1) is 0 Å². The molecule has 0 aliphatic carbocycles. The summed E-state index contributed by atoms with van der Waals surface area (Å²) in [4.78, 5) is 5.13. The van der Waals surface area contributed by atoms with Gasteiger partial charge in [-0.1, -0.05) is 13.8 Å². The normalized spacial score (nSPS) is 29.5. The summed E-state index contributed by atoms with van der Waals surface area (Å²) in [5.74, 6) is 0. The summed E-state index contributed by atoms with van der Waals surface area (Å²) >= 11 is 0. The molecule has 0 spiro atoms. The number of rotatable bonds is 6. The summed E-state index contributed by atoms with van der Waals surface area (Å²) in [5, 5.41) is 3.65. The monoisotopic (exact) mass is 241 g/mol. The molecular weight excluding hydrogens is 210 g/mol. The van der Waals surface area contributed by atoms with Crippen LogP contribution in [0.25, 0.3) is 0 Å². The van der Waals surface area contributed by atoms with E-state index in [9.17, 15) is 0 Å². The molecule has 0 aromatic rings. The number of likely N-dealkylation sites (N-methyl/N-ethyl adjacent to an activating group) is 1. The molecular formula is C14H31N3. The zero-order chi connectivity index (χ0) is 12.8. The van der Waals surface area contributed by atoms with E-state index in [-0.39, 0.29) is 0 Å². The van der Waals surface area contributed by atoms with Gasteiger partial charge in [-0.3, -0.25) is 9.80 Å². The maximum absolute atomic E-state index is 3.65. The second-order valence-electron chi connectivity index (χ2n) is 5.64. The second kappa shape index (κ2) is 7.34. The highest BCUT2D eigenvalue weighted by Crippen LogP contribution is 2.13. The Morgan fingerprint density at radius 1 is 1.18 bits per heavy atom. The van der Waals surface area contributed by atoms with E-state index < -0.39 is 0 Å². The molecule has 0 amide bonds. The summed E-state index contributed by atoms with van der Waals surface area (Å²) in [6, 6.07) is 2.03. The lowest BCUT2D eigenvalue weighted by Crippen LogP contribution is -2.57. The zero-order valence-electron chi connectivity index (χ0n) is 12.4. The minimum Gasteiger partial charge on any atom is -0.313 e. The molecule has 3 atom stereocenters. The van der Waals surface area contributed by atoms with Gasteiger partial charge in [0, 0.05) is 37.8 Å². The highest BCUT2D eigenvalue weighted by molar-refractivity contribution is 4.84. The maximum Gasteiger partial charge on any atom is 0.0195 e. The average Bonchev–Trinajstić information content (AvgIpc) is 2.31. The van der Waals surface area contributed by atoms with Crippen molar-refractivity contribution in [3.05, 3.63) is 0 Å². The predicted molar refractivity (Wildman–Crippen MR) is 75.5 cm³/mol. The first-order valence-corrected chi connectivity index (χ1v) is 7.26. The number of nitrogens with one attached hydrogen (secondary N) is 1.